The van der Waals surface area contributed by atoms with E-state index in [2.05, 4.69) is 6.92 Å². The van der Waals surface area contributed by atoms with Crippen molar-refractivity contribution in [3.8, 4) is 0 Å². The van der Waals surface area contributed by atoms with Gasteiger partial charge in [0, 0.05) is 17.0 Å². The predicted molar refractivity (Wildman–Crippen MR) is 89.0 cm³/mol. The highest BCUT2D eigenvalue weighted by Crippen LogP contribution is 2.47. The lowest BCUT2D eigenvalue weighted by molar-refractivity contribution is 0.593. The fourth-order valence-electron chi connectivity index (χ4n) is 2.87. The van der Waals surface area contributed by atoms with E-state index in [9.17, 15) is 8.42 Å². The molecule has 0 heterocycles. The Morgan fingerprint density at radius 2 is 1.64 bits per heavy atom. The second-order valence-electron chi connectivity index (χ2n) is 5.66. The Labute approximate surface area is 136 Å². The van der Waals surface area contributed by atoms with Gasteiger partial charge in [-0.25, -0.2) is 8.42 Å². The Kier molecular flexibility index (Phi) is 4.02. The van der Waals surface area contributed by atoms with Crippen molar-refractivity contribution in [2.45, 2.75) is 35.4 Å². The third kappa shape index (κ3) is 2.67. The summed E-state index contributed by atoms with van der Waals surface area (Å²) in [6, 6.07) is 14.0. The maximum atomic E-state index is 12.7. The zero-order valence-corrected chi connectivity index (χ0v) is 13.8. The molecule has 0 saturated heterocycles. The molecule has 1 saturated carbocycles. The van der Waals surface area contributed by atoms with Gasteiger partial charge in [-0.3, -0.25) is 0 Å². The molecule has 3 rings (SSSR count). The fraction of sp³-hybridized carbons (Fsp3) is 0.294. The average Bonchev–Trinajstić information content (AvgIpc) is 3.20. The Balaban J connectivity index is 1.87. The maximum Gasteiger partial charge on any atom is 0.183 e. The smallest absolute Gasteiger partial charge is 0.183 e. The van der Waals surface area contributed by atoms with Crippen LogP contribution >= 0.6 is 11.6 Å². The van der Waals surface area contributed by atoms with Gasteiger partial charge in [0.15, 0.2) is 9.84 Å². The van der Waals surface area contributed by atoms with Gasteiger partial charge < -0.3 is 5.73 Å². The van der Waals surface area contributed by atoms with Crippen LogP contribution in [0.2, 0.25) is 5.02 Å². The third-order valence-electron chi connectivity index (χ3n) is 4.28. The number of rotatable bonds is 4. The molecule has 3 atom stereocenters. The third-order valence-corrected chi connectivity index (χ3v) is 6.79. The standard InChI is InChI=1S/C17H18ClNO2S/c1-2-11-3-5-12(6-4-11)15-16(19)17(15)22(20,21)14-9-7-13(18)8-10-14/h3-10,15-17H,2,19H2,1H3/t15-,16-,17+/m0/s1. The average molecular weight is 336 g/mol. The van der Waals surface area contributed by atoms with Crippen LogP contribution < -0.4 is 5.73 Å². The summed E-state index contributed by atoms with van der Waals surface area (Å²) in [5.41, 5.74) is 8.29. The first-order valence-corrected chi connectivity index (χ1v) is 9.21. The van der Waals surface area contributed by atoms with Crippen LogP contribution in [0.4, 0.5) is 0 Å². The van der Waals surface area contributed by atoms with Crippen LogP contribution in [0.25, 0.3) is 0 Å². The molecule has 22 heavy (non-hydrogen) atoms. The van der Waals surface area contributed by atoms with Gasteiger partial charge in [-0.1, -0.05) is 42.8 Å². The lowest BCUT2D eigenvalue weighted by Gasteiger charge is -2.05. The van der Waals surface area contributed by atoms with Crippen molar-refractivity contribution in [2.24, 2.45) is 5.73 Å². The summed E-state index contributed by atoms with van der Waals surface area (Å²) in [5.74, 6) is -0.133. The van der Waals surface area contributed by atoms with Gasteiger partial charge in [0.05, 0.1) is 10.1 Å². The first kappa shape index (κ1) is 15.5. The number of aryl methyl sites for hydroxylation is 1. The molecule has 0 radical (unpaired) electrons. The van der Waals surface area contributed by atoms with Crippen LogP contribution in [0.3, 0.4) is 0 Å². The summed E-state index contributed by atoms with van der Waals surface area (Å²) in [6.07, 6.45) is 0.962. The van der Waals surface area contributed by atoms with Gasteiger partial charge in [-0.2, -0.15) is 0 Å². The number of sulfone groups is 1. The van der Waals surface area contributed by atoms with Crippen molar-refractivity contribution in [3.05, 3.63) is 64.7 Å². The van der Waals surface area contributed by atoms with Crippen LogP contribution in [-0.2, 0) is 16.3 Å². The molecule has 5 heteroatoms. The summed E-state index contributed by atoms with van der Waals surface area (Å²) in [5, 5.41) is -0.0353. The molecule has 0 unspecified atom stereocenters. The normalized spacial score (nSPS) is 24.2. The van der Waals surface area contributed by atoms with Crippen molar-refractivity contribution in [2.75, 3.05) is 0 Å². The lowest BCUT2D eigenvalue weighted by atomic mass is 10.1. The zero-order valence-electron chi connectivity index (χ0n) is 12.2. The molecule has 1 aliphatic carbocycles. The minimum absolute atomic E-state index is 0.133. The largest absolute Gasteiger partial charge is 0.326 e. The molecule has 116 valence electrons. The van der Waals surface area contributed by atoms with E-state index >= 15 is 0 Å². The lowest BCUT2D eigenvalue weighted by Crippen LogP contribution is -2.15. The van der Waals surface area contributed by atoms with E-state index < -0.39 is 15.1 Å². The van der Waals surface area contributed by atoms with Gasteiger partial charge in [0.1, 0.15) is 0 Å². The molecular formula is C17H18ClNO2S. The molecule has 1 aliphatic rings. The van der Waals surface area contributed by atoms with E-state index in [1.54, 1.807) is 24.3 Å². The van der Waals surface area contributed by atoms with E-state index in [-0.39, 0.29) is 16.9 Å². The monoisotopic (exact) mass is 335 g/mol. The second-order valence-corrected chi connectivity index (χ2v) is 8.20. The van der Waals surface area contributed by atoms with Crippen molar-refractivity contribution in [3.63, 3.8) is 0 Å². The molecule has 2 aromatic carbocycles. The van der Waals surface area contributed by atoms with E-state index in [1.165, 1.54) is 5.56 Å². The Hall–Kier alpha value is -1.36. The molecule has 3 nitrogen and oxygen atoms in total. The van der Waals surface area contributed by atoms with Gasteiger partial charge in [-0.05, 0) is 41.8 Å². The van der Waals surface area contributed by atoms with Gasteiger partial charge in [0.25, 0.3) is 0 Å². The minimum atomic E-state index is -3.43. The highest BCUT2D eigenvalue weighted by molar-refractivity contribution is 7.92. The van der Waals surface area contributed by atoms with Crippen LogP contribution in [0.15, 0.2) is 53.4 Å². The molecule has 0 spiro atoms. The van der Waals surface area contributed by atoms with Gasteiger partial charge in [-0.15, -0.1) is 0 Å². The van der Waals surface area contributed by atoms with Crippen molar-refractivity contribution in [1.82, 2.24) is 0 Å². The molecule has 0 aromatic heterocycles. The van der Waals surface area contributed by atoms with Gasteiger partial charge >= 0.3 is 0 Å². The second kappa shape index (κ2) is 5.69. The van der Waals surface area contributed by atoms with Crippen molar-refractivity contribution < 1.29 is 8.42 Å². The molecule has 2 aromatic rings. The van der Waals surface area contributed by atoms with Crippen LogP contribution in [0.5, 0.6) is 0 Å². The van der Waals surface area contributed by atoms with Crippen molar-refractivity contribution >= 4 is 21.4 Å². The van der Waals surface area contributed by atoms with Crippen LogP contribution in [0.1, 0.15) is 24.0 Å². The summed E-state index contributed by atoms with van der Waals surface area (Å²) in [7, 11) is -3.43. The van der Waals surface area contributed by atoms with Crippen LogP contribution in [0, 0.1) is 0 Å². The summed E-state index contributed by atoms with van der Waals surface area (Å²) < 4.78 is 25.4. The number of benzene rings is 2. The fourth-order valence-corrected chi connectivity index (χ4v) is 5.05. The molecule has 0 aliphatic heterocycles. The first-order chi connectivity index (χ1) is 10.4. The number of halogens is 1. The Bertz CT molecular complexity index is 769. The minimum Gasteiger partial charge on any atom is -0.326 e. The van der Waals surface area contributed by atoms with E-state index in [4.69, 9.17) is 17.3 Å². The summed E-state index contributed by atoms with van der Waals surface area (Å²) in [6.45, 7) is 2.09. The molecular weight excluding hydrogens is 318 g/mol. The molecule has 1 fully saturated rings. The summed E-state index contributed by atoms with van der Waals surface area (Å²) >= 11 is 5.82. The Morgan fingerprint density at radius 1 is 1.05 bits per heavy atom. The topological polar surface area (TPSA) is 60.2 Å². The van der Waals surface area contributed by atoms with E-state index in [1.807, 2.05) is 24.3 Å². The van der Waals surface area contributed by atoms with Crippen LogP contribution in [-0.4, -0.2) is 19.7 Å². The predicted octanol–water partition coefficient (Wildman–Crippen LogP) is 3.17. The molecule has 2 N–H and O–H groups in total. The quantitative estimate of drug-likeness (QED) is 0.933. The zero-order chi connectivity index (χ0) is 15.9. The molecule has 0 bridgehead atoms. The number of nitrogens with two attached hydrogens (primary N) is 1. The highest BCUT2D eigenvalue weighted by Gasteiger charge is 2.57. The van der Waals surface area contributed by atoms with E-state index in [0.29, 0.717) is 5.02 Å². The van der Waals surface area contributed by atoms with Gasteiger partial charge in [0.2, 0.25) is 0 Å². The van der Waals surface area contributed by atoms with E-state index in [0.717, 1.165) is 12.0 Å². The first-order valence-electron chi connectivity index (χ1n) is 7.29. The summed E-state index contributed by atoms with van der Waals surface area (Å²) in [4.78, 5) is 0.282. The number of hydrogen-bond donors (Lipinski definition) is 1. The highest BCUT2D eigenvalue weighted by atomic mass is 35.5. The SMILES string of the molecule is CCc1ccc([C@H]2[C@H](N)[C@@H]2S(=O)(=O)c2ccc(Cl)cc2)cc1. The maximum absolute atomic E-state index is 12.7. The molecule has 0 amide bonds. The number of hydrogen-bond acceptors (Lipinski definition) is 3. The Morgan fingerprint density at radius 3 is 2.18 bits per heavy atom. The van der Waals surface area contributed by atoms with Crippen molar-refractivity contribution in [1.29, 1.82) is 0 Å².